The summed E-state index contributed by atoms with van der Waals surface area (Å²) < 4.78 is 16.1. The Morgan fingerprint density at radius 2 is 1.38 bits per heavy atom. The molecule has 0 radical (unpaired) electrons. The normalized spacial score (nSPS) is 15.0. The molecule has 11 nitrogen and oxygen atoms in total. The van der Waals surface area contributed by atoms with Crippen LogP contribution in [0.4, 0.5) is 4.79 Å². The molecule has 0 heterocycles. The zero-order chi connectivity index (χ0) is 31.3. The summed E-state index contributed by atoms with van der Waals surface area (Å²) in [6.07, 6.45) is -0.630. The van der Waals surface area contributed by atoms with Crippen LogP contribution in [0.5, 0.6) is 0 Å². The number of benzene rings is 2. The lowest BCUT2D eigenvalue weighted by Crippen LogP contribution is -2.66. The minimum absolute atomic E-state index is 0.0857. The van der Waals surface area contributed by atoms with Crippen LogP contribution in [0.2, 0.25) is 0 Å². The molecule has 0 saturated carbocycles. The van der Waals surface area contributed by atoms with Crippen LogP contribution in [0.1, 0.15) is 58.6 Å². The van der Waals surface area contributed by atoms with E-state index in [0.717, 1.165) is 22.3 Å². The summed E-state index contributed by atoms with van der Waals surface area (Å²) >= 11 is 0. The standard InChI is InChI=1S/C31H41N3O8/c1-29(2,3)41-25(35)24(31(32,26(36)37)27(38)42-30(4,5)6)17-33-15-16-34-28(39)40-18-23-21-13-9-7-11-19(21)20-12-8-10-14-22(20)23/h7-14,23-24,33H,15-18,32H2,1-6H3,(H,34,39)(H,36,37)/t24?,31-/m0/s1. The average Bonchev–Trinajstić information content (AvgIpc) is 3.20. The number of ether oxygens (including phenoxy) is 3. The Morgan fingerprint density at radius 1 is 0.857 bits per heavy atom. The Morgan fingerprint density at radius 3 is 1.88 bits per heavy atom. The smallest absolute Gasteiger partial charge is 0.407 e. The molecule has 0 aliphatic heterocycles. The van der Waals surface area contributed by atoms with Gasteiger partial charge in [-0.3, -0.25) is 4.79 Å². The molecular weight excluding hydrogens is 542 g/mol. The maximum absolute atomic E-state index is 13.0. The van der Waals surface area contributed by atoms with Crippen molar-refractivity contribution in [3.8, 4) is 11.1 Å². The second kappa shape index (κ2) is 12.9. The van der Waals surface area contributed by atoms with Gasteiger partial charge in [-0.05, 0) is 63.8 Å². The van der Waals surface area contributed by atoms with Gasteiger partial charge in [-0.25, -0.2) is 14.4 Å². The van der Waals surface area contributed by atoms with Crippen molar-refractivity contribution in [2.45, 2.75) is 64.2 Å². The number of carbonyl (C=O) groups is 4. The van der Waals surface area contributed by atoms with Gasteiger partial charge in [-0.2, -0.15) is 0 Å². The number of fused-ring (bicyclic) bond motifs is 3. The summed E-state index contributed by atoms with van der Waals surface area (Å²) in [7, 11) is 0. The molecule has 0 saturated heterocycles. The van der Waals surface area contributed by atoms with Crippen LogP contribution in [0, 0.1) is 5.92 Å². The van der Waals surface area contributed by atoms with Crippen molar-refractivity contribution in [2.24, 2.45) is 11.7 Å². The van der Waals surface area contributed by atoms with Crippen LogP contribution in [-0.2, 0) is 28.6 Å². The lowest BCUT2D eigenvalue weighted by molar-refractivity contribution is -0.181. The molecule has 2 aromatic carbocycles. The van der Waals surface area contributed by atoms with Crippen molar-refractivity contribution >= 4 is 24.0 Å². The molecule has 1 amide bonds. The van der Waals surface area contributed by atoms with E-state index in [0.29, 0.717) is 0 Å². The summed E-state index contributed by atoms with van der Waals surface area (Å²) in [5, 5.41) is 15.4. The molecular formula is C31H41N3O8. The fraction of sp³-hybridized carbons (Fsp3) is 0.484. The average molecular weight is 584 g/mol. The number of alkyl carbamates (subject to hydrolysis) is 1. The van der Waals surface area contributed by atoms with Crippen LogP contribution in [-0.4, -0.2) is 72.1 Å². The van der Waals surface area contributed by atoms with Crippen molar-refractivity contribution in [3.05, 3.63) is 59.7 Å². The van der Waals surface area contributed by atoms with Gasteiger partial charge in [0.2, 0.25) is 5.54 Å². The lowest BCUT2D eigenvalue weighted by Gasteiger charge is -2.34. The highest BCUT2D eigenvalue weighted by Gasteiger charge is 2.56. The largest absolute Gasteiger partial charge is 0.479 e. The molecule has 2 atom stereocenters. The molecule has 0 fully saturated rings. The molecule has 11 heteroatoms. The van der Waals surface area contributed by atoms with Gasteiger partial charge < -0.3 is 35.7 Å². The van der Waals surface area contributed by atoms with Gasteiger partial charge >= 0.3 is 24.0 Å². The number of carboxylic acid groups (broad SMARTS) is 1. The predicted molar refractivity (Wildman–Crippen MR) is 156 cm³/mol. The second-order valence-corrected chi connectivity index (χ2v) is 12.2. The van der Waals surface area contributed by atoms with Gasteiger partial charge in [0, 0.05) is 25.6 Å². The SMILES string of the molecule is CC(C)(C)OC(=O)C(CNCCNC(=O)OCC1c2ccccc2-c2ccccc21)[C@](N)(C(=O)O)C(=O)OC(C)(C)C. The molecule has 5 N–H and O–H groups in total. The Balaban J connectivity index is 1.58. The third-order valence-corrected chi connectivity index (χ3v) is 6.59. The van der Waals surface area contributed by atoms with Crippen molar-refractivity contribution < 1.29 is 38.5 Å². The first kappa shape index (κ1) is 32.6. The maximum atomic E-state index is 13.0. The number of carboxylic acids is 1. The summed E-state index contributed by atoms with van der Waals surface area (Å²) in [6, 6.07) is 16.0. The van der Waals surface area contributed by atoms with E-state index in [9.17, 15) is 24.3 Å². The first-order valence-electron chi connectivity index (χ1n) is 13.8. The van der Waals surface area contributed by atoms with Crippen LogP contribution in [0.25, 0.3) is 11.1 Å². The molecule has 3 rings (SSSR count). The van der Waals surface area contributed by atoms with Crippen LogP contribution in [0.3, 0.4) is 0 Å². The van der Waals surface area contributed by atoms with Crippen molar-refractivity contribution in [3.63, 3.8) is 0 Å². The zero-order valence-corrected chi connectivity index (χ0v) is 25.0. The van der Waals surface area contributed by atoms with Gasteiger partial charge in [0.25, 0.3) is 0 Å². The second-order valence-electron chi connectivity index (χ2n) is 12.2. The zero-order valence-electron chi connectivity index (χ0n) is 25.0. The number of hydrogen-bond acceptors (Lipinski definition) is 9. The van der Waals surface area contributed by atoms with E-state index in [1.54, 1.807) is 41.5 Å². The fourth-order valence-corrected chi connectivity index (χ4v) is 4.69. The fourth-order valence-electron chi connectivity index (χ4n) is 4.69. The monoisotopic (exact) mass is 583 g/mol. The molecule has 0 spiro atoms. The highest BCUT2D eigenvalue weighted by atomic mass is 16.6. The lowest BCUT2D eigenvalue weighted by atomic mass is 9.84. The molecule has 1 aliphatic rings. The van der Waals surface area contributed by atoms with Crippen LogP contribution in [0.15, 0.2) is 48.5 Å². The molecule has 1 unspecified atom stereocenters. The Kier molecular flexibility index (Phi) is 10.0. The first-order valence-corrected chi connectivity index (χ1v) is 13.8. The van der Waals surface area contributed by atoms with E-state index >= 15 is 0 Å². The van der Waals surface area contributed by atoms with Gasteiger partial charge in [-0.15, -0.1) is 0 Å². The van der Waals surface area contributed by atoms with E-state index in [1.165, 1.54) is 0 Å². The Labute approximate surface area is 246 Å². The van der Waals surface area contributed by atoms with Crippen molar-refractivity contribution in [2.75, 3.05) is 26.2 Å². The molecule has 1 aliphatic carbocycles. The summed E-state index contributed by atoms with van der Waals surface area (Å²) in [5.74, 6) is -5.69. The van der Waals surface area contributed by atoms with Gasteiger partial charge in [0.1, 0.15) is 23.7 Å². The molecule has 2 aromatic rings. The number of carbonyl (C=O) groups excluding carboxylic acids is 3. The summed E-state index contributed by atoms with van der Waals surface area (Å²) in [5.41, 5.74) is 5.78. The minimum Gasteiger partial charge on any atom is -0.479 e. The van der Waals surface area contributed by atoms with Crippen molar-refractivity contribution in [1.82, 2.24) is 10.6 Å². The third-order valence-electron chi connectivity index (χ3n) is 6.59. The number of nitrogens with one attached hydrogen (secondary N) is 2. The predicted octanol–water partition coefficient (Wildman–Crippen LogP) is 3.20. The van der Waals surface area contributed by atoms with E-state index in [2.05, 4.69) is 10.6 Å². The summed E-state index contributed by atoms with van der Waals surface area (Å²) in [6.45, 7) is 9.54. The summed E-state index contributed by atoms with van der Waals surface area (Å²) in [4.78, 5) is 50.6. The number of nitrogens with two attached hydrogens (primary N) is 1. The first-order chi connectivity index (χ1) is 19.5. The number of esters is 2. The number of amides is 1. The van der Waals surface area contributed by atoms with Crippen LogP contribution < -0.4 is 16.4 Å². The van der Waals surface area contributed by atoms with Crippen molar-refractivity contribution in [1.29, 1.82) is 0 Å². The van der Waals surface area contributed by atoms with E-state index in [-0.39, 0.29) is 32.2 Å². The number of rotatable bonds is 11. The maximum Gasteiger partial charge on any atom is 0.407 e. The molecule has 0 bridgehead atoms. The minimum atomic E-state index is -2.72. The number of hydrogen-bond donors (Lipinski definition) is 4. The molecule has 0 aromatic heterocycles. The quantitative estimate of drug-likeness (QED) is 0.134. The third kappa shape index (κ3) is 7.86. The van der Waals surface area contributed by atoms with Gasteiger partial charge in [0.05, 0.1) is 0 Å². The molecule has 228 valence electrons. The van der Waals surface area contributed by atoms with Gasteiger partial charge in [-0.1, -0.05) is 48.5 Å². The Hall–Kier alpha value is -3.96. The van der Waals surface area contributed by atoms with Gasteiger partial charge in [0.15, 0.2) is 0 Å². The molecule has 42 heavy (non-hydrogen) atoms. The van der Waals surface area contributed by atoms with E-state index in [4.69, 9.17) is 19.9 Å². The number of aliphatic carboxylic acids is 1. The topological polar surface area (TPSA) is 166 Å². The van der Waals surface area contributed by atoms with E-state index < -0.39 is 46.7 Å². The van der Waals surface area contributed by atoms with E-state index in [1.807, 2.05) is 48.5 Å². The highest BCUT2D eigenvalue weighted by molar-refractivity contribution is 6.08. The van der Waals surface area contributed by atoms with Crippen LogP contribution >= 0.6 is 0 Å². The Bertz CT molecular complexity index is 1270. The highest BCUT2D eigenvalue weighted by Crippen LogP contribution is 2.44.